The lowest BCUT2D eigenvalue weighted by Crippen LogP contribution is -2.42. The molecular weight excluding hydrogens is 218 g/mol. The summed E-state index contributed by atoms with van der Waals surface area (Å²) in [4.78, 5) is 12.8. The number of rotatable bonds is 3. The van der Waals surface area contributed by atoms with Crippen LogP contribution in [0.2, 0.25) is 0 Å². The van der Waals surface area contributed by atoms with E-state index in [4.69, 9.17) is 0 Å². The van der Waals surface area contributed by atoms with Crippen molar-refractivity contribution in [1.82, 2.24) is 10.2 Å². The summed E-state index contributed by atoms with van der Waals surface area (Å²) in [5.74, 6) is 0. The van der Waals surface area contributed by atoms with E-state index in [1.165, 1.54) is 0 Å². The number of aryl methyl sites for hydroxylation is 1. The van der Waals surface area contributed by atoms with Crippen molar-refractivity contribution in [3.05, 3.63) is 39.4 Å². The zero-order chi connectivity index (χ0) is 12.3. The summed E-state index contributed by atoms with van der Waals surface area (Å²) in [6.07, 6.45) is 0. The van der Waals surface area contributed by atoms with Crippen LogP contribution in [0, 0.1) is 17.0 Å². The predicted molar refractivity (Wildman–Crippen MR) is 66.0 cm³/mol. The van der Waals surface area contributed by atoms with E-state index in [0.717, 1.165) is 43.9 Å². The van der Waals surface area contributed by atoms with E-state index < -0.39 is 0 Å². The van der Waals surface area contributed by atoms with Crippen molar-refractivity contribution in [3.63, 3.8) is 0 Å². The Morgan fingerprint density at radius 1 is 1.41 bits per heavy atom. The average Bonchev–Trinajstić information content (AvgIpc) is 2.32. The van der Waals surface area contributed by atoms with E-state index in [9.17, 15) is 10.1 Å². The Balaban J connectivity index is 2.10. The van der Waals surface area contributed by atoms with Gasteiger partial charge in [0.15, 0.2) is 0 Å². The van der Waals surface area contributed by atoms with Gasteiger partial charge in [0.25, 0.3) is 5.69 Å². The fraction of sp³-hybridized carbons (Fsp3) is 0.500. The molecule has 1 aliphatic rings. The zero-order valence-electron chi connectivity index (χ0n) is 9.98. The molecule has 0 aromatic heterocycles. The molecule has 1 N–H and O–H groups in total. The predicted octanol–water partition coefficient (Wildman–Crippen LogP) is 1.31. The van der Waals surface area contributed by atoms with Crippen LogP contribution in [0.25, 0.3) is 0 Å². The molecule has 0 spiro atoms. The van der Waals surface area contributed by atoms with Crippen LogP contribution >= 0.6 is 0 Å². The summed E-state index contributed by atoms with van der Waals surface area (Å²) < 4.78 is 0. The van der Waals surface area contributed by atoms with Crippen molar-refractivity contribution in [2.75, 3.05) is 26.2 Å². The first-order valence-corrected chi connectivity index (χ1v) is 5.84. The second kappa shape index (κ2) is 5.25. The van der Waals surface area contributed by atoms with Gasteiger partial charge >= 0.3 is 0 Å². The Hall–Kier alpha value is -1.46. The third kappa shape index (κ3) is 3.01. The van der Waals surface area contributed by atoms with Gasteiger partial charge in [-0.15, -0.1) is 0 Å². The summed E-state index contributed by atoms with van der Waals surface area (Å²) in [7, 11) is 0. The average molecular weight is 235 g/mol. The monoisotopic (exact) mass is 235 g/mol. The summed E-state index contributed by atoms with van der Waals surface area (Å²) in [6, 6.07) is 5.50. The van der Waals surface area contributed by atoms with Crippen molar-refractivity contribution < 1.29 is 4.92 Å². The largest absolute Gasteiger partial charge is 0.314 e. The van der Waals surface area contributed by atoms with E-state index in [-0.39, 0.29) is 10.6 Å². The normalized spacial score (nSPS) is 17.0. The van der Waals surface area contributed by atoms with Crippen molar-refractivity contribution in [2.24, 2.45) is 0 Å². The molecule has 1 aromatic carbocycles. The Morgan fingerprint density at radius 2 is 2.12 bits per heavy atom. The summed E-state index contributed by atoms with van der Waals surface area (Å²) in [5.41, 5.74) is 1.96. The molecule has 1 heterocycles. The fourth-order valence-electron chi connectivity index (χ4n) is 2.08. The third-order valence-corrected chi connectivity index (χ3v) is 3.09. The Labute approximate surface area is 101 Å². The minimum absolute atomic E-state index is 0.220. The molecule has 0 saturated carbocycles. The van der Waals surface area contributed by atoms with E-state index in [2.05, 4.69) is 10.2 Å². The van der Waals surface area contributed by atoms with E-state index >= 15 is 0 Å². The smallest absolute Gasteiger partial charge is 0.272 e. The molecule has 0 aliphatic carbocycles. The van der Waals surface area contributed by atoms with Gasteiger partial charge in [-0.3, -0.25) is 15.0 Å². The lowest BCUT2D eigenvalue weighted by atomic mass is 10.1. The lowest BCUT2D eigenvalue weighted by Gasteiger charge is -2.27. The molecule has 1 fully saturated rings. The van der Waals surface area contributed by atoms with Crippen LogP contribution in [0.4, 0.5) is 5.69 Å². The first-order chi connectivity index (χ1) is 8.16. The van der Waals surface area contributed by atoms with Crippen molar-refractivity contribution in [1.29, 1.82) is 0 Å². The van der Waals surface area contributed by atoms with Gasteiger partial charge in [-0.2, -0.15) is 0 Å². The molecule has 92 valence electrons. The summed E-state index contributed by atoms with van der Waals surface area (Å²) in [5, 5.41) is 14.1. The summed E-state index contributed by atoms with van der Waals surface area (Å²) >= 11 is 0. The van der Waals surface area contributed by atoms with Gasteiger partial charge in [0.2, 0.25) is 0 Å². The van der Waals surface area contributed by atoms with Crippen molar-refractivity contribution in [3.8, 4) is 0 Å². The van der Waals surface area contributed by atoms with Gasteiger partial charge < -0.3 is 5.32 Å². The number of nitro benzene ring substituents is 1. The second-order valence-electron chi connectivity index (χ2n) is 4.40. The number of nitro groups is 1. The molecule has 0 amide bonds. The third-order valence-electron chi connectivity index (χ3n) is 3.09. The Bertz CT molecular complexity index is 414. The van der Waals surface area contributed by atoms with Crippen LogP contribution in [0.5, 0.6) is 0 Å². The molecule has 0 atom stereocenters. The highest BCUT2D eigenvalue weighted by Gasteiger charge is 2.14. The minimum atomic E-state index is -0.309. The number of nitrogens with zero attached hydrogens (tertiary/aromatic N) is 2. The van der Waals surface area contributed by atoms with Crippen LogP contribution in [0.15, 0.2) is 18.2 Å². The molecule has 2 rings (SSSR count). The van der Waals surface area contributed by atoms with Crippen LogP contribution in [0.1, 0.15) is 11.1 Å². The lowest BCUT2D eigenvalue weighted by molar-refractivity contribution is -0.385. The van der Waals surface area contributed by atoms with Gasteiger partial charge in [-0.05, 0) is 12.5 Å². The van der Waals surface area contributed by atoms with Crippen molar-refractivity contribution in [2.45, 2.75) is 13.5 Å². The van der Waals surface area contributed by atoms with Gasteiger partial charge in [0, 0.05) is 44.4 Å². The maximum atomic E-state index is 10.8. The molecule has 17 heavy (non-hydrogen) atoms. The van der Waals surface area contributed by atoms with E-state index in [1.54, 1.807) is 13.0 Å². The van der Waals surface area contributed by atoms with Gasteiger partial charge in [-0.25, -0.2) is 0 Å². The molecular formula is C12H17N3O2. The molecule has 1 saturated heterocycles. The number of nitrogens with one attached hydrogen (secondary N) is 1. The number of benzene rings is 1. The van der Waals surface area contributed by atoms with Gasteiger partial charge in [-0.1, -0.05) is 12.1 Å². The maximum Gasteiger partial charge on any atom is 0.272 e. The van der Waals surface area contributed by atoms with Crippen LogP contribution in [-0.4, -0.2) is 36.0 Å². The molecule has 1 aromatic rings. The highest BCUT2D eigenvalue weighted by atomic mass is 16.6. The van der Waals surface area contributed by atoms with E-state index in [0.29, 0.717) is 0 Å². The zero-order valence-corrected chi connectivity index (χ0v) is 9.98. The topological polar surface area (TPSA) is 58.4 Å². The first kappa shape index (κ1) is 12.0. The standard InChI is InChI=1S/C12H17N3O2/c1-10-2-3-11(8-12(10)15(16)17)9-14-6-4-13-5-7-14/h2-3,8,13H,4-7,9H2,1H3. The number of piperazine rings is 1. The van der Waals surface area contributed by atoms with Gasteiger partial charge in [0.05, 0.1) is 4.92 Å². The molecule has 0 radical (unpaired) electrons. The van der Waals surface area contributed by atoms with Crippen LogP contribution in [0.3, 0.4) is 0 Å². The molecule has 0 bridgehead atoms. The SMILES string of the molecule is Cc1ccc(CN2CCNCC2)cc1[N+](=O)[O-]. The Morgan fingerprint density at radius 3 is 2.76 bits per heavy atom. The number of hydrogen-bond acceptors (Lipinski definition) is 4. The Kier molecular flexibility index (Phi) is 3.71. The maximum absolute atomic E-state index is 10.8. The molecule has 0 unspecified atom stereocenters. The number of hydrogen-bond donors (Lipinski definition) is 1. The first-order valence-electron chi connectivity index (χ1n) is 5.84. The molecule has 5 nitrogen and oxygen atoms in total. The minimum Gasteiger partial charge on any atom is -0.314 e. The highest BCUT2D eigenvalue weighted by Crippen LogP contribution is 2.20. The molecule has 1 aliphatic heterocycles. The van der Waals surface area contributed by atoms with Crippen molar-refractivity contribution >= 4 is 5.69 Å². The van der Waals surface area contributed by atoms with Crippen LogP contribution < -0.4 is 5.32 Å². The van der Waals surface area contributed by atoms with Crippen LogP contribution in [-0.2, 0) is 6.54 Å². The fourth-order valence-corrected chi connectivity index (χ4v) is 2.08. The quantitative estimate of drug-likeness (QED) is 0.634. The summed E-state index contributed by atoms with van der Waals surface area (Å²) in [6.45, 7) is 6.56. The second-order valence-corrected chi connectivity index (χ2v) is 4.40. The molecule has 5 heteroatoms. The highest BCUT2D eigenvalue weighted by molar-refractivity contribution is 5.42. The van der Waals surface area contributed by atoms with Gasteiger partial charge in [0.1, 0.15) is 0 Å². The van der Waals surface area contributed by atoms with E-state index in [1.807, 2.05) is 12.1 Å².